The summed E-state index contributed by atoms with van der Waals surface area (Å²) in [5.74, 6) is -0.549. The number of hydrogen-bond donors (Lipinski definition) is 1. The quantitative estimate of drug-likeness (QED) is 0.748. The van der Waals surface area contributed by atoms with Crippen molar-refractivity contribution in [2.75, 3.05) is 0 Å². The second kappa shape index (κ2) is 4.61. The van der Waals surface area contributed by atoms with Gasteiger partial charge in [0.15, 0.2) is 0 Å². The number of fused-ring (bicyclic) bond motifs is 1. The average Bonchev–Trinajstić information content (AvgIpc) is 2.42. The Labute approximate surface area is 117 Å². The molecule has 0 aliphatic carbocycles. The third-order valence-corrected chi connectivity index (χ3v) is 3.27. The number of nitrogens with zero attached hydrogens (tertiary/aromatic N) is 1. The maximum Gasteiger partial charge on any atom is 0.333 e. The first kappa shape index (κ1) is 12.6. The van der Waals surface area contributed by atoms with Crippen LogP contribution in [0, 0.1) is 5.82 Å². The van der Waals surface area contributed by atoms with Crippen LogP contribution in [0.2, 0.25) is 5.02 Å². The van der Waals surface area contributed by atoms with Crippen molar-refractivity contribution in [3.63, 3.8) is 0 Å². The van der Waals surface area contributed by atoms with Gasteiger partial charge in [-0.15, -0.1) is 0 Å². The van der Waals surface area contributed by atoms with E-state index in [1.165, 1.54) is 12.1 Å². The van der Waals surface area contributed by atoms with E-state index in [2.05, 4.69) is 4.98 Å². The molecule has 0 saturated heterocycles. The van der Waals surface area contributed by atoms with Crippen molar-refractivity contribution in [2.45, 2.75) is 0 Å². The summed E-state index contributed by atoms with van der Waals surface area (Å²) in [4.78, 5) is 27.0. The molecule has 20 heavy (non-hydrogen) atoms. The van der Waals surface area contributed by atoms with Gasteiger partial charge in [-0.3, -0.25) is 4.79 Å². The van der Waals surface area contributed by atoms with E-state index >= 15 is 0 Å². The zero-order chi connectivity index (χ0) is 14.3. The minimum absolute atomic E-state index is 0.0875. The smallest absolute Gasteiger partial charge is 0.306 e. The molecule has 0 saturated carbocycles. The molecular formula is C14H8ClFN2O2. The third-order valence-electron chi connectivity index (χ3n) is 2.95. The second-order valence-electron chi connectivity index (χ2n) is 4.21. The van der Waals surface area contributed by atoms with Crippen LogP contribution in [-0.4, -0.2) is 9.55 Å². The van der Waals surface area contributed by atoms with Crippen LogP contribution < -0.4 is 11.2 Å². The molecule has 0 bridgehead atoms. The standard InChI is InChI=1S/C14H8ClFN2O2/c15-10-3-1-2-4-12(10)18-13(19)9-7-8(16)5-6-11(9)17-14(18)20/h1-7H,(H,17,20). The Bertz CT molecular complexity index is 930. The summed E-state index contributed by atoms with van der Waals surface area (Å²) in [6.07, 6.45) is 0. The highest BCUT2D eigenvalue weighted by Crippen LogP contribution is 2.17. The van der Waals surface area contributed by atoms with Gasteiger partial charge in [-0.25, -0.2) is 13.8 Å². The summed E-state index contributed by atoms with van der Waals surface area (Å²) in [6, 6.07) is 10.1. The number of nitrogens with one attached hydrogen (secondary N) is 1. The summed E-state index contributed by atoms with van der Waals surface area (Å²) in [6.45, 7) is 0. The van der Waals surface area contributed by atoms with Gasteiger partial charge in [0.25, 0.3) is 5.56 Å². The molecule has 0 unspecified atom stereocenters. The Morgan fingerprint density at radius 1 is 1.10 bits per heavy atom. The molecule has 1 N–H and O–H groups in total. The minimum atomic E-state index is -0.623. The topological polar surface area (TPSA) is 54.9 Å². The highest BCUT2D eigenvalue weighted by molar-refractivity contribution is 6.32. The number of rotatable bonds is 1. The molecule has 0 aliphatic heterocycles. The fourth-order valence-electron chi connectivity index (χ4n) is 2.04. The molecule has 0 amide bonds. The predicted molar refractivity (Wildman–Crippen MR) is 75.1 cm³/mol. The van der Waals surface area contributed by atoms with Crippen molar-refractivity contribution in [3.05, 3.63) is 74.1 Å². The Balaban J connectivity index is 2.46. The van der Waals surface area contributed by atoms with E-state index in [1.54, 1.807) is 24.3 Å². The second-order valence-corrected chi connectivity index (χ2v) is 4.62. The molecule has 1 aromatic heterocycles. The molecular weight excluding hydrogens is 283 g/mol. The number of hydrogen-bond acceptors (Lipinski definition) is 2. The van der Waals surface area contributed by atoms with Crippen LogP contribution >= 0.6 is 11.6 Å². The van der Waals surface area contributed by atoms with Crippen LogP contribution in [-0.2, 0) is 0 Å². The van der Waals surface area contributed by atoms with Crippen molar-refractivity contribution >= 4 is 22.5 Å². The van der Waals surface area contributed by atoms with Gasteiger partial charge in [-0.1, -0.05) is 23.7 Å². The lowest BCUT2D eigenvalue weighted by Gasteiger charge is -2.07. The van der Waals surface area contributed by atoms with Crippen molar-refractivity contribution in [3.8, 4) is 5.69 Å². The van der Waals surface area contributed by atoms with Crippen LogP contribution in [0.15, 0.2) is 52.1 Å². The van der Waals surface area contributed by atoms with Gasteiger partial charge in [0.1, 0.15) is 5.82 Å². The van der Waals surface area contributed by atoms with Crippen LogP contribution in [0.4, 0.5) is 4.39 Å². The molecule has 0 aliphatic rings. The van der Waals surface area contributed by atoms with Crippen LogP contribution in [0.3, 0.4) is 0 Å². The first-order valence-electron chi connectivity index (χ1n) is 5.77. The van der Waals surface area contributed by atoms with Crippen LogP contribution in [0.1, 0.15) is 0 Å². The maximum atomic E-state index is 13.3. The van der Waals surface area contributed by atoms with Gasteiger partial charge in [0.2, 0.25) is 0 Å². The number of aromatic nitrogens is 2. The van der Waals surface area contributed by atoms with Crippen molar-refractivity contribution < 1.29 is 4.39 Å². The fraction of sp³-hybridized carbons (Fsp3) is 0. The summed E-state index contributed by atoms with van der Waals surface area (Å²) >= 11 is 6.00. The molecule has 0 atom stereocenters. The average molecular weight is 291 g/mol. The molecule has 0 spiro atoms. The Morgan fingerprint density at radius 3 is 2.60 bits per heavy atom. The van der Waals surface area contributed by atoms with E-state index in [-0.39, 0.29) is 21.6 Å². The van der Waals surface area contributed by atoms with Crippen LogP contribution in [0.5, 0.6) is 0 Å². The molecule has 3 rings (SSSR count). The largest absolute Gasteiger partial charge is 0.333 e. The highest BCUT2D eigenvalue weighted by atomic mass is 35.5. The Morgan fingerprint density at radius 2 is 1.85 bits per heavy atom. The molecule has 0 fully saturated rings. The number of H-pyrrole nitrogens is 1. The SMILES string of the molecule is O=c1[nH]c2ccc(F)cc2c(=O)n1-c1ccccc1Cl. The van der Waals surface area contributed by atoms with E-state index in [0.29, 0.717) is 0 Å². The first-order valence-corrected chi connectivity index (χ1v) is 6.15. The van der Waals surface area contributed by atoms with Crippen molar-refractivity contribution in [1.82, 2.24) is 9.55 Å². The molecule has 1 heterocycles. The summed E-state index contributed by atoms with van der Waals surface area (Å²) < 4.78 is 14.2. The predicted octanol–water partition coefficient (Wildman–Crippen LogP) is 2.47. The molecule has 4 nitrogen and oxygen atoms in total. The van der Waals surface area contributed by atoms with Gasteiger partial charge in [0, 0.05) is 0 Å². The third kappa shape index (κ3) is 1.92. The highest BCUT2D eigenvalue weighted by Gasteiger charge is 2.12. The number of benzene rings is 2. The van der Waals surface area contributed by atoms with E-state index in [1.807, 2.05) is 0 Å². The van der Waals surface area contributed by atoms with Gasteiger partial charge in [-0.05, 0) is 30.3 Å². The van der Waals surface area contributed by atoms with Crippen LogP contribution in [0.25, 0.3) is 16.6 Å². The normalized spacial score (nSPS) is 10.9. The van der Waals surface area contributed by atoms with Crippen molar-refractivity contribution in [1.29, 1.82) is 0 Å². The molecule has 100 valence electrons. The van der Waals surface area contributed by atoms with E-state index in [4.69, 9.17) is 11.6 Å². The molecule has 6 heteroatoms. The zero-order valence-corrected chi connectivity index (χ0v) is 10.8. The zero-order valence-electron chi connectivity index (χ0n) is 10.1. The molecule has 0 radical (unpaired) electrons. The Hall–Kier alpha value is -2.40. The number of aromatic amines is 1. The Kier molecular flexibility index (Phi) is 2.91. The van der Waals surface area contributed by atoms with Gasteiger partial charge in [-0.2, -0.15) is 0 Å². The van der Waals surface area contributed by atoms with Gasteiger partial charge >= 0.3 is 5.69 Å². The van der Waals surface area contributed by atoms with E-state index in [9.17, 15) is 14.0 Å². The monoisotopic (exact) mass is 290 g/mol. The summed E-state index contributed by atoms with van der Waals surface area (Å²) in [5, 5.41) is 0.348. The number of halogens is 2. The minimum Gasteiger partial charge on any atom is -0.306 e. The van der Waals surface area contributed by atoms with Gasteiger partial charge in [0.05, 0.1) is 21.6 Å². The maximum absolute atomic E-state index is 13.3. The lowest BCUT2D eigenvalue weighted by Crippen LogP contribution is -2.33. The molecule has 3 aromatic rings. The lowest BCUT2D eigenvalue weighted by atomic mass is 10.2. The number of para-hydroxylation sites is 1. The van der Waals surface area contributed by atoms with Gasteiger partial charge < -0.3 is 4.98 Å². The molecule has 2 aromatic carbocycles. The van der Waals surface area contributed by atoms with E-state index in [0.717, 1.165) is 10.6 Å². The first-order chi connectivity index (χ1) is 9.58. The lowest BCUT2D eigenvalue weighted by molar-refractivity contribution is 0.629. The van der Waals surface area contributed by atoms with E-state index < -0.39 is 17.1 Å². The van der Waals surface area contributed by atoms with Crippen molar-refractivity contribution in [2.24, 2.45) is 0 Å². The fourth-order valence-corrected chi connectivity index (χ4v) is 2.26. The summed E-state index contributed by atoms with van der Waals surface area (Å²) in [5.41, 5.74) is -0.699. The summed E-state index contributed by atoms with van der Waals surface area (Å²) in [7, 11) is 0.